The minimum Gasteiger partial charge on any atom is -0.465 e. The highest BCUT2D eigenvalue weighted by molar-refractivity contribution is 7.07. The van der Waals surface area contributed by atoms with Crippen molar-refractivity contribution in [2.45, 2.75) is 39.2 Å². The molecule has 1 aliphatic carbocycles. The molecular weight excluding hydrogens is 262 g/mol. The van der Waals surface area contributed by atoms with E-state index in [0.29, 0.717) is 19.1 Å². The van der Waals surface area contributed by atoms with Gasteiger partial charge in [-0.05, 0) is 32.1 Å². The lowest BCUT2D eigenvalue weighted by Gasteiger charge is -2.17. The van der Waals surface area contributed by atoms with Crippen molar-refractivity contribution in [2.75, 3.05) is 6.61 Å². The molecule has 1 aromatic rings. The molecule has 0 saturated heterocycles. The second kappa shape index (κ2) is 6.70. The number of aryl methyl sites for hydroxylation is 1. The van der Waals surface area contributed by atoms with Gasteiger partial charge in [-0.25, -0.2) is 0 Å². The van der Waals surface area contributed by atoms with Crippen LogP contribution in [0, 0.1) is 12.8 Å². The Bertz CT molecular complexity index is 515. The van der Waals surface area contributed by atoms with Gasteiger partial charge in [0, 0.05) is 17.6 Å². The van der Waals surface area contributed by atoms with Crippen molar-refractivity contribution >= 4 is 17.3 Å². The average Bonchev–Trinajstić information content (AvgIpc) is 2.75. The van der Waals surface area contributed by atoms with Gasteiger partial charge in [0.25, 0.3) is 0 Å². The molecule has 1 aromatic heterocycles. The number of nitrogens with zero attached hydrogens (tertiary/aromatic N) is 1. The highest BCUT2D eigenvalue weighted by Gasteiger charge is 2.13. The fourth-order valence-corrected chi connectivity index (χ4v) is 2.93. The summed E-state index contributed by atoms with van der Waals surface area (Å²) in [6.45, 7) is 2.79. The molecule has 0 fully saturated rings. The first kappa shape index (κ1) is 14.1. The van der Waals surface area contributed by atoms with Crippen molar-refractivity contribution in [2.24, 2.45) is 5.92 Å². The lowest BCUT2D eigenvalue weighted by molar-refractivity contribution is -0.145. The van der Waals surface area contributed by atoms with Crippen molar-refractivity contribution in [3.05, 3.63) is 32.9 Å². The van der Waals surface area contributed by atoms with E-state index in [4.69, 9.17) is 4.74 Å². The van der Waals surface area contributed by atoms with E-state index in [1.807, 2.05) is 12.3 Å². The van der Waals surface area contributed by atoms with Crippen molar-refractivity contribution < 1.29 is 9.53 Å². The van der Waals surface area contributed by atoms with Gasteiger partial charge in [0.2, 0.25) is 0 Å². The first-order valence-corrected chi connectivity index (χ1v) is 7.50. The van der Waals surface area contributed by atoms with Crippen LogP contribution in [0.1, 0.15) is 31.4 Å². The number of rotatable bonds is 5. The number of esters is 1. The van der Waals surface area contributed by atoms with Gasteiger partial charge in [-0.2, -0.15) is 0 Å². The molecule has 4 nitrogen and oxygen atoms in total. The minimum absolute atomic E-state index is 0.0114. The van der Waals surface area contributed by atoms with Crippen LogP contribution in [0.3, 0.4) is 0 Å². The van der Waals surface area contributed by atoms with Gasteiger partial charge in [0.15, 0.2) is 0 Å². The van der Waals surface area contributed by atoms with E-state index in [9.17, 15) is 9.59 Å². The second-order valence-electron chi connectivity index (χ2n) is 4.88. The Balaban J connectivity index is 1.73. The molecule has 1 heterocycles. The largest absolute Gasteiger partial charge is 0.465 e. The van der Waals surface area contributed by atoms with Crippen LogP contribution < -0.4 is 4.87 Å². The van der Waals surface area contributed by atoms with Gasteiger partial charge in [-0.3, -0.25) is 9.59 Å². The maximum atomic E-state index is 11.7. The summed E-state index contributed by atoms with van der Waals surface area (Å²) in [5, 5.41) is 1.81. The minimum atomic E-state index is -0.216. The summed E-state index contributed by atoms with van der Waals surface area (Å²) >= 11 is 1.17. The van der Waals surface area contributed by atoms with E-state index in [-0.39, 0.29) is 17.3 Å². The summed E-state index contributed by atoms with van der Waals surface area (Å²) in [4.78, 5) is 23.1. The van der Waals surface area contributed by atoms with Crippen molar-refractivity contribution in [3.8, 4) is 0 Å². The number of thiazole rings is 1. The lowest BCUT2D eigenvalue weighted by Crippen LogP contribution is -2.20. The van der Waals surface area contributed by atoms with Crippen LogP contribution in [-0.4, -0.2) is 17.1 Å². The summed E-state index contributed by atoms with van der Waals surface area (Å²) in [7, 11) is 0. The number of carbonyl (C=O) groups excluding carboxylic acids is 1. The number of aromatic nitrogens is 1. The number of allylic oxidation sites excluding steroid dienone is 2. The molecule has 104 valence electrons. The quantitative estimate of drug-likeness (QED) is 0.615. The molecule has 0 aromatic carbocycles. The SMILES string of the molecule is Cc1csc(=O)n1CCC(=O)OCC1CC=CCC1. The number of hydrogen-bond acceptors (Lipinski definition) is 4. The van der Waals surface area contributed by atoms with Crippen LogP contribution in [0.4, 0.5) is 0 Å². The monoisotopic (exact) mass is 281 g/mol. The summed E-state index contributed by atoms with van der Waals surface area (Å²) in [6, 6.07) is 0. The summed E-state index contributed by atoms with van der Waals surface area (Å²) in [6.07, 6.45) is 7.75. The first-order valence-electron chi connectivity index (χ1n) is 6.62. The highest BCUT2D eigenvalue weighted by atomic mass is 32.1. The second-order valence-corrected chi connectivity index (χ2v) is 5.70. The maximum Gasteiger partial charge on any atom is 0.307 e. The van der Waals surface area contributed by atoms with E-state index < -0.39 is 0 Å². The number of ether oxygens (including phenoxy) is 1. The molecule has 1 aliphatic rings. The Morgan fingerprint density at radius 3 is 3.00 bits per heavy atom. The van der Waals surface area contributed by atoms with Gasteiger partial charge in [-0.15, -0.1) is 0 Å². The Labute approximate surface area is 116 Å². The Morgan fingerprint density at radius 2 is 2.37 bits per heavy atom. The Hall–Kier alpha value is -1.36. The van der Waals surface area contributed by atoms with Crippen LogP contribution in [0.15, 0.2) is 22.3 Å². The molecule has 19 heavy (non-hydrogen) atoms. The van der Waals surface area contributed by atoms with Gasteiger partial charge >= 0.3 is 10.8 Å². The molecule has 0 N–H and O–H groups in total. The fourth-order valence-electron chi connectivity index (χ4n) is 2.17. The van der Waals surface area contributed by atoms with E-state index in [1.165, 1.54) is 11.3 Å². The van der Waals surface area contributed by atoms with E-state index >= 15 is 0 Å². The highest BCUT2D eigenvalue weighted by Crippen LogP contribution is 2.18. The Kier molecular flexibility index (Phi) is 4.96. The normalized spacial score (nSPS) is 18.5. The fraction of sp³-hybridized carbons (Fsp3) is 0.571. The smallest absolute Gasteiger partial charge is 0.307 e. The molecule has 0 saturated carbocycles. The molecule has 0 aliphatic heterocycles. The van der Waals surface area contributed by atoms with Crippen LogP contribution in [0.25, 0.3) is 0 Å². The predicted molar refractivity (Wildman–Crippen MR) is 75.4 cm³/mol. The van der Waals surface area contributed by atoms with Crippen LogP contribution in [-0.2, 0) is 16.1 Å². The van der Waals surface area contributed by atoms with Crippen LogP contribution in [0.2, 0.25) is 0 Å². The third-order valence-corrected chi connectivity index (χ3v) is 4.25. The first-order chi connectivity index (χ1) is 9.16. The van der Waals surface area contributed by atoms with Crippen molar-refractivity contribution in [3.63, 3.8) is 0 Å². The van der Waals surface area contributed by atoms with E-state index in [0.717, 1.165) is 25.0 Å². The zero-order valence-corrected chi connectivity index (χ0v) is 11.9. The summed E-state index contributed by atoms with van der Waals surface area (Å²) < 4.78 is 6.90. The molecule has 2 rings (SSSR count). The maximum absolute atomic E-state index is 11.7. The molecule has 1 unspecified atom stereocenters. The zero-order valence-electron chi connectivity index (χ0n) is 11.1. The van der Waals surface area contributed by atoms with E-state index in [1.54, 1.807) is 4.57 Å². The summed E-state index contributed by atoms with van der Waals surface area (Å²) in [5.41, 5.74) is 0.903. The number of carbonyl (C=O) groups is 1. The average molecular weight is 281 g/mol. The molecule has 0 radical (unpaired) electrons. The van der Waals surface area contributed by atoms with Crippen LogP contribution >= 0.6 is 11.3 Å². The van der Waals surface area contributed by atoms with Crippen LogP contribution in [0.5, 0.6) is 0 Å². The third kappa shape index (κ3) is 4.06. The molecule has 0 bridgehead atoms. The Morgan fingerprint density at radius 1 is 1.53 bits per heavy atom. The van der Waals surface area contributed by atoms with Crippen molar-refractivity contribution in [1.82, 2.24) is 4.57 Å². The summed E-state index contributed by atoms with van der Waals surface area (Å²) in [5.74, 6) is 0.242. The van der Waals surface area contributed by atoms with E-state index in [2.05, 4.69) is 12.2 Å². The van der Waals surface area contributed by atoms with Gasteiger partial charge in [0.05, 0.1) is 13.0 Å². The number of hydrogen-bond donors (Lipinski definition) is 0. The van der Waals surface area contributed by atoms with Gasteiger partial charge in [0.1, 0.15) is 0 Å². The third-order valence-electron chi connectivity index (χ3n) is 3.37. The van der Waals surface area contributed by atoms with Crippen molar-refractivity contribution in [1.29, 1.82) is 0 Å². The molecular formula is C14H19NO3S. The topological polar surface area (TPSA) is 48.3 Å². The molecule has 5 heteroatoms. The van der Waals surface area contributed by atoms with Gasteiger partial charge in [-0.1, -0.05) is 23.5 Å². The van der Waals surface area contributed by atoms with Gasteiger partial charge < -0.3 is 9.30 Å². The standard InChI is InChI=1S/C14H19NO3S/c1-11-10-19-14(17)15(11)8-7-13(16)18-9-12-5-3-2-4-6-12/h2-3,10,12H,4-9H2,1H3. The zero-order chi connectivity index (χ0) is 13.7. The molecule has 0 amide bonds. The molecule has 1 atom stereocenters. The predicted octanol–water partition coefficient (Wildman–Crippen LogP) is 2.51. The lowest BCUT2D eigenvalue weighted by atomic mass is 9.95. The molecule has 0 spiro atoms.